The van der Waals surface area contributed by atoms with Gasteiger partial charge in [0.25, 0.3) is 0 Å². The van der Waals surface area contributed by atoms with Gasteiger partial charge in [0.05, 0.1) is 0 Å². The molecule has 148 valence electrons. The molecule has 0 unspecified atom stereocenters. The predicted octanol–water partition coefficient (Wildman–Crippen LogP) is 5.73. The summed E-state index contributed by atoms with van der Waals surface area (Å²) in [6.45, 7) is 1.98. The third-order valence-electron chi connectivity index (χ3n) is 4.19. The Labute approximate surface area is 167 Å². The summed E-state index contributed by atoms with van der Waals surface area (Å²) in [5.74, 6) is 0.415. The van der Waals surface area contributed by atoms with Crippen LogP contribution in [0.4, 0.5) is 17.6 Å². The van der Waals surface area contributed by atoms with Gasteiger partial charge in [-0.05, 0) is 29.5 Å². The minimum Gasteiger partial charge on any atom is -0.290 e. The van der Waals surface area contributed by atoms with Gasteiger partial charge in [-0.1, -0.05) is 19.1 Å². The maximum atomic E-state index is 13.6. The molecular weight excluding hydrogens is 404 g/mol. The van der Waals surface area contributed by atoms with Gasteiger partial charge in [0.1, 0.15) is 34.9 Å². The highest BCUT2D eigenvalue weighted by Crippen LogP contribution is 2.34. The summed E-state index contributed by atoms with van der Waals surface area (Å²) in [6, 6.07) is 8.99. The zero-order valence-electron chi connectivity index (χ0n) is 15.1. The van der Waals surface area contributed by atoms with E-state index in [0.29, 0.717) is 17.0 Å². The van der Waals surface area contributed by atoms with Gasteiger partial charge in [0.2, 0.25) is 0 Å². The molecule has 3 aromatic heterocycles. The number of rotatable bonds is 4. The molecule has 1 aromatic carbocycles. The van der Waals surface area contributed by atoms with Gasteiger partial charge in [-0.25, -0.2) is 14.4 Å². The smallest absolute Gasteiger partial charge is 0.290 e. The van der Waals surface area contributed by atoms with Gasteiger partial charge >= 0.3 is 6.18 Å². The summed E-state index contributed by atoms with van der Waals surface area (Å²) in [5.41, 5.74) is 1.55. The predicted molar refractivity (Wildman–Crippen MR) is 103 cm³/mol. The number of aromatic nitrogens is 4. The van der Waals surface area contributed by atoms with Gasteiger partial charge < -0.3 is 0 Å². The van der Waals surface area contributed by atoms with Crippen LogP contribution in [-0.4, -0.2) is 25.1 Å². The summed E-state index contributed by atoms with van der Waals surface area (Å²) < 4.78 is 53.7. The fraction of sp³-hybridized carbons (Fsp3) is 0.150. The molecule has 0 amide bonds. The molecule has 9 heteroatoms. The van der Waals surface area contributed by atoms with Crippen molar-refractivity contribution in [2.24, 2.45) is 0 Å². The van der Waals surface area contributed by atoms with Crippen molar-refractivity contribution in [2.45, 2.75) is 18.0 Å². The number of hydrogen-bond acceptors (Lipinski definition) is 4. The SMILES string of the molecule is CCSc1cc(-c2cccc(F)c2)cnc1-c1cn2cnc(C(F)(F)F)cc2n1. The van der Waals surface area contributed by atoms with Crippen LogP contribution in [0.3, 0.4) is 0 Å². The van der Waals surface area contributed by atoms with Crippen LogP contribution in [0.25, 0.3) is 28.2 Å². The minimum absolute atomic E-state index is 0.130. The molecule has 0 saturated heterocycles. The first-order chi connectivity index (χ1) is 13.8. The normalized spacial score (nSPS) is 11.9. The van der Waals surface area contributed by atoms with Gasteiger partial charge in [0, 0.05) is 28.9 Å². The Hall–Kier alpha value is -2.94. The second kappa shape index (κ2) is 7.47. The number of alkyl halides is 3. The Balaban J connectivity index is 1.79. The zero-order chi connectivity index (χ0) is 20.6. The van der Waals surface area contributed by atoms with Gasteiger partial charge in [-0.3, -0.25) is 9.38 Å². The molecule has 0 spiro atoms. The molecule has 0 N–H and O–H groups in total. The summed E-state index contributed by atoms with van der Waals surface area (Å²) in [4.78, 5) is 13.0. The Morgan fingerprint density at radius 2 is 1.90 bits per heavy atom. The van der Waals surface area contributed by atoms with E-state index in [1.165, 1.54) is 28.3 Å². The van der Waals surface area contributed by atoms with Gasteiger partial charge in [0.15, 0.2) is 0 Å². The maximum Gasteiger partial charge on any atom is 0.433 e. The second-order valence-electron chi connectivity index (χ2n) is 6.18. The van der Waals surface area contributed by atoms with Crippen molar-refractivity contribution >= 4 is 17.4 Å². The first-order valence-electron chi connectivity index (χ1n) is 8.66. The van der Waals surface area contributed by atoms with E-state index < -0.39 is 11.9 Å². The first kappa shape index (κ1) is 19.4. The van der Waals surface area contributed by atoms with E-state index in [9.17, 15) is 17.6 Å². The molecule has 0 fully saturated rings. The van der Waals surface area contributed by atoms with E-state index in [1.54, 1.807) is 24.5 Å². The standard InChI is InChI=1S/C20H14F4N4S/c1-2-29-16-7-13(12-4-3-5-14(21)6-12)9-25-19(16)15-10-28-11-26-17(20(22,23)24)8-18(28)27-15/h3-11H,2H2,1H3. The summed E-state index contributed by atoms with van der Waals surface area (Å²) in [6.07, 6.45) is -0.260. The van der Waals surface area contributed by atoms with E-state index in [2.05, 4.69) is 15.0 Å². The monoisotopic (exact) mass is 418 g/mol. The fourth-order valence-electron chi connectivity index (χ4n) is 2.89. The number of imidazole rings is 1. The average molecular weight is 418 g/mol. The number of pyridine rings is 1. The van der Waals surface area contributed by atoms with Crippen molar-refractivity contribution in [3.8, 4) is 22.5 Å². The molecule has 4 aromatic rings. The lowest BCUT2D eigenvalue weighted by atomic mass is 10.1. The molecule has 0 aliphatic rings. The largest absolute Gasteiger partial charge is 0.433 e. The lowest BCUT2D eigenvalue weighted by molar-refractivity contribution is -0.141. The van der Waals surface area contributed by atoms with Crippen molar-refractivity contribution in [1.82, 2.24) is 19.4 Å². The van der Waals surface area contributed by atoms with Crippen LogP contribution in [0.15, 0.2) is 60.0 Å². The van der Waals surface area contributed by atoms with Crippen molar-refractivity contribution in [1.29, 1.82) is 0 Å². The highest BCUT2D eigenvalue weighted by atomic mass is 32.2. The number of hydrogen-bond donors (Lipinski definition) is 0. The molecule has 0 saturated carbocycles. The Morgan fingerprint density at radius 1 is 1.07 bits per heavy atom. The molecule has 0 bridgehead atoms. The second-order valence-corrected chi connectivity index (χ2v) is 7.48. The molecule has 0 radical (unpaired) electrons. The van der Waals surface area contributed by atoms with Crippen molar-refractivity contribution in [3.63, 3.8) is 0 Å². The molecule has 0 aliphatic carbocycles. The molecule has 4 nitrogen and oxygen atoms in total. The fourth-order valence-corrected chi connectivity index (χ4v) is 3.70. The molecule has 0 aliphatic heterocycles. The number of nitrogens with zero attached hydrogens (tertiary/aromatic N) is 4. The Kier molecular flexibility index (Phi) is 4.99. The van der Waals surface area contributed by atoms with E-state index in [-0.39, 0.29) is 11.5 Å². The van der Waals surface area contributed by atoms with Crippen molar-refractivity contribution < 1.29 is 17.6 Å². The summed E-state index contributed by atoms with van der Waals surface area (Å²) in [7, 11) is 0. The van der Waals surface area contributed by atoms with Crippen LogP contribution in [0.2, 0.25) is 0 Å². The van der Waals surface area contributed by atoms with E-state index in [1.807, 2.05) is 13.0 Å². The molecule has 0 atom stereocenters. The highest BCUT2D eigenvalue weighted by Gasteiger charge is 2.33. The van der Waals surface area contributed by atoms with E-state index >= 15 is 0 Å². The molecule has 4 rings (SSSR count). The van der Waals surface area contributed by atoms with Gasteiger partial charge in [-0.15, -0.1) is 11.8 Å². The van der Waals surface area contributed by atoms with Crippen molar-refractivity contribution in [2.75, 3.05) is 5.75 Å². The summed E-state index contributed by atoms with van der Waals surface area (Å²) in [5, 5.41) is 0. The highest BCUT2D eigenvalue weighted by molar-refractivity contribution is 7.99. The average Bonchev–Trinajstić information content (AvgIpc) is 3.10. The topological polar surface area (TPSA) is 43.1 Å². The zero-order valence-corrected chi connectivity index (χ0v) is 15.9. The molecule has 29 heavy (non-hydrogen) atoms. The number of benzene rings is 1. The summed E-state index contributed by atoms with van der Waals surface area (Å²) >= 11 is 1.53. The number of thioether (sulfide) groups is 1. The van der Waals surface area contributed by atoms with Crippen LogP contribution in [0.5, 0.6) is 0 Å². The van der Waals surface area contributed by atoms with Crippen LogP contribution < -0.4 is 0 Å². The van der Waals surface area contributed by atoms with Crippen LogP contribution in [0.1, 0.15) is 12.6 Å². The maximum absolute atomic E-state index is 13.6. The molecule has 3 heterocycles. The molecular formula is C20H14F4N4S. The lowest BCUT2D eigenvalue weighted by Gasteiger charge is -2.09. The van der Waals surface area contributed by atoms with Crippen LogP contribution in [-0.2, 0) is 6.18 Å². The van der Waals surface area contributed by atoms with E-state index in [4.69, 9.17) is 0 Å². The Morgan fingerprint density at radius 3 is 2.62 bits per heavy atom. The lowest BCUT2D eigenvalue weighted by Crippen LogP contribution is -2.08. The third kappa shape index (κ3) is 3.95. The van der Waals surface area contributed by atoms with Crippen molar-refractivity contribution in [3.05, 3.63) is 66.6 Å². The van der Waals surface area contributed by atoms with Crippen LogP contribution >= 0.6 is 11.8 Å². The third-order valence-corrected chi connectivity index (χ3v) is 5.10. The van der Waals surface area contributed by atoms with E-state index in [0.717, 1.165) is 28.6 Å². The quantitative estimate of drug-likeness (QED) is 0.314. The Bertz CT molecular complexity index is 1190. The first-order valence-corrected chi connectivity index (χ1v) is 9.65. The van der Waals surface area contributed by atoms with Crippen LogP contribution in [0, 0.1) is 5.82 Å². The minimum atomic E-state index is -4.54. The van der Waals surface area contributed by atoms with Gasteiger partial charge in [-0.2, -0.15) is 13.2 Å². The number of halogens is 4. The number of fused-ring (bicyclic) bond motifs is 1.